The zero-order chi connectivity index (χ0) is 11.6. The van der Waals surface area contributed by atoms with Crippen LogP contribution in [-0.4, -0.2) is 21.8 Å². The van der Waals surface area contributed by atoms with Crippen LogP contribution in [0.2, 0.25) is 0 Å². The summed E-state index contributed by atoms with van der Waals surface area (Å²) in [6.45, 7) is 0. The van der Waals surface area contributed by atoms with E-state index in [0.29, 0.717) is 31.4 Å². The standard InChI is InChI=1S/C12H13NO3.ClH/c14-9-4-6-12(7-5-9,11(15)16)10-3-1-2-8-13-10;/h1-3,8H,4-7H2,(H,15,16);1H. The second-order valence-corrected chi connectivity index (χ2v) is 4.14. The van der Waals surface area contributed by atoms with E-state index in [1.54, 1.807) is 24.4 Å². The number of carbonyl (C=O) groups is 2. The summed E-state index contributed by atoms with van der Waals surface area (Å²) in [5.74, 6) is -0.730. The molecule has 0 radical (unpaired) electrons. The smallest absolute Gasteiger partial charge is 0.315 e. The molecule has 2 rings (SSSR count). The van der Waals surface area contributed by atoms with Crippen molar-refractivity contribution in [2.75, 3.05) is 0 Å². The van der Waals surface area contributed by atoms with Crippen LogP contribution >= 0.6 is 12.4 Å². The summed E-state index contributed by atoms with van der Waals surface area (Å²) in [7, 11) is 0. The molecule has 1 saturated carbocycles. The summed E-state index contributed by atoms with van der Waals surface area (Å²) in [5, 5.41) is 9.38. The Balaban J connectivity index is 0.00000144. The van der Waals surface area contributed by atoms with Gasteiger partial charge in [0.15, 0.2) is 0 Å². The van der Waals surface area contributed by atoms with Gasteiger partial charge in [-0.1, -0.05) is 6.07 Å². The molecule has 1 fully saturated rings. The highest BCUT2D eigenvalue weighted by atomic mass is 35.5. The molecule has 1 aromatic rings. The molecular weight excluding hydrogens is 242 g/mol. The highest BCUT2D eigenvalue weighted by molar-refractivity contribution is 5.87. The van der Waals surface area contributed by atoms with Gasteiger partial charge in [0.25, 0.3) is 0 Å². The van der Waals surface area contributed by atoms with E-state index < -0.39 is 11.4 Å². The number of carboxylic acids is 1. The number of halogens is 1. The molecule has 0 aromatic carbocycles. The SMILES string of the molecule is Cl.O=C1CCC(C(=O)O)(c2ccccn2)CC1. The number of hydrogen-bond acceptors (Lipinski definition) is 3. The van der Waals surface area contributed by atoms with Crippen LogP contribution in [0.15, 0.2) is 24.4 Å². The van der Waals surface area contributed by atoms with E-state index in [1.807, 2.05) is 0 Å². The number of ketones is 1. The van der Waals surface area contributed by atoms with Crippen molar-refractivity contribution < 1.29 is 14.7 Å². The zero-order valence-electron chi connectivity index (χ0n) is 9.26. The van der Waals surface area contributed by atoms with E-state index in [-0.39, 0.29) is 18.2 Å². The number of aromatic nitrogens is 1. The fourth-order valence-corrected chi connectivity index (χ4v) is 2.18. The molecule has 0 bridgehead atoms. The lowest BCUT2D eigenvalue weighted by Gasteiger charge is -2.31. The number of pyridine rings is 1. The van der Waals surface area contributed by atoms with Crippen molar-refractivity contribution in [2.45, 2.75) is 31.1 Å². The molecule has 92 valence electrons. The van der Waals surface area contributed by atoms with Crippen molar-refractivity contribution in [3.05, 3.63) is 30.1 Å². The Hall–Kier alpha value is -1.42. The second-order valence-electron chi connectivity index (χ2n) is 4.14. The molecule has 1 heterocycles. The van der Waals surface area contributed by atoms with Gasteiger partial charge in [-0.15, -0.1) is 12.4 Å². The first-order valence-electron chi connectivity index (χ1n) is 5.32. The van der Waals surface area contributed by atoms with Crippen LogP contribution in [-0.2, 0) is 15.0 Å². The fraction of sp³-hybridized carbons (Fsp3) is 0.417. The molecular formula is C12H14ClNO3. The number of aliphatic carboxylic acids is 1. The fourth-order valence-electron chi connectivity index (χ4n) is 2.18. The van der Waals surface area contributed by atoms with Gasteiger partial charge < -0.3 is 5.11 Å². The minimum absolute atomic E-state index is 0. The van der Waals surface area contributed by atoms with Crippen LogP contribution in [0.5, 0.6) is 0 Å². The second kappa shape index (κ2) is 5.27. The summed E-state index contributed by atoms with van der Waals surface area (Å²) in [5.41, 5.74) is -0.398. The zero-order valence-corrected chi connectivity index (χ0v) is 10.1. The van der Waals surface area contributed by atoms with E-state index in [0.717, 1.165) is 0 Å². The highest BCUT2D eigenvalue weighted by Crippen LogP contribution is 2.37. The van der Waals surface area contributed by atoms with Crippen LogP contribution in [0.3, 0.4) is 0 Å². The summed E-state index contributed by atoms with van der Waals surface area (Å²) >= 11 is 0. The molecule has 0 saturated heterocycles. The van der Waals surface area contributed by atoms with Crippen molar-refractivity contribution in [1.82, 2.24) is 4.98 Å². The normalized spacial score (nSPS) is 18.2. The largest absolute Gasteiger partial charge is 0.481 e. The average Bonchev–Trinajstić information content (AvgIpc) is 2.31. The molecule has 1 aliphatic rings. The Bertz CT molecular complexity index is 409. The van der Waals surface area contributed by atoms with Gasteiger partial charge in [-0.3, -0.25) is 14.6 Å². The van der Waals surface area contributed by atoms with E-state index in [1.165, 1.54) is 0 Å². The Labute approximate surface area is 105 Å². The lowest BCUT2D eigenvalue weighted by Crippen LogP contribution is -2.40. The third kappa shape index (κ3) is 2.47. The minimum Gasteiger partial charge on any atom is -0.481 e. The maximum Gasteiger partial charge on any atom is 0.315 e. The predicted octanol–water partition coefficient (Wildman–Crippen LogP) is 1.97. The average molecular weight is 256 g/mol. The first kappa shape index (κ1) is 13.6. The number of Topliss-reactive ketones (excluding diaryl/α,β-unsaturated/α-hetero) is 1. The molecule has 0 unspecified atom stereocenters. The van der Waals surface area contributed by atoms with Crippen LogP contribution < -0.4 is 0 Å². The van der Waals surface area contributed by atoms with Crippen molar-refractivity contribution in [3.63, 3.8) is 0 Å². The molecule has 0 atom stereocenters. The number of carboxylic acid groups (broad SMARTS) is 1. The van der Waals surface area contributed by atoms with E-state index in [4.69, 9.17) is 0 Å². The first-order valence-corrected chi connectivity index (χ1v) is 5.32. The van der Waals surface area contributed by atoms with E-state index in [2.05, 4.69) is 4.98 Å². The molecule has 0 aliphatic heterocycles. The number of hydrogen-bond donors (Lipinski definition) is 1. The van der Waals surface area contributed by atoms with Crippen molar-refractivity contribution in [1.29, 1.82) is 0 Å². The predicted molar refractivity (Wildman–Crippen MR) is 64.3 cm³/mol. The van der Waals surface area contributed by atoms with Gasteiger partial charge in [-0.2, -0.15) is 0 Å². The Morgan fingerprint density at radius 1 is 1.29 bits per heavy atom. The van der Waals surface area contributed by atoms with Gasteiger partial charge in [0.05, 0.1) is 5.69 Å². The minimum atomic E-state index is -0.963. The maximum atomic E-state index is 11.4. The van der Waals surface area contributed by atoms with Gasteiger partial charge in [-0.25, -0.2) is 0 Å². The number of carbonyl (C=O) groups excluding carboxylic acids is 1. The highest BCUT2D eigenvalue weighted by Gasteiger charge is 2.44. The molecule has 1 aromatic heterocycles. The topological polar surface area (TPSA) is 67.3 Å². The first-order chi connectivity index (χ1) is 7.65. The molecule has 4 nitrogen and oxygen atoms in total. The van der Waals surface area contributed by atoms with Crippen LogP contribution in [0, 0.1) is 0 Å². The third-order valence-electron chi connectivity index (χ3n) is 3.23. The van der Waals surface area contributed by atoms with E-state index >= 15 is 0 Å². The maximum absolute atomic E-state index is 11.4. The van der Waals surface area contributed by atoms with Crippen molar-refractivity contribution >= 4 is 24.2 Å². The van der Waals surface area contributed by atoms with Crippen molar-refractivity contribution in [3.8, 4) is 0 Å². The lowest BCUT2D eigenvalue weighted by molar-refractivity contribution is -0.146. The summed E-state index contributed by atoms with van der Waals surface area (Å²) < 4.78 is 0. The number of rotatable bonds is 2. The van der Waals surface area contributed by atoms with Gasteiger partial charge >= 0.3 is 5.97 Å². The monoisotopic (exact) mass is 255 g/mol. The van der Waals surface area contributed by atoms with Gasteiger partial charge in [0.2, 0.25) is 0 Å². The van der Waals surface area contributed by atoms with E-state index in [9.17, 15) is 14.7 Å². The molecule has 0 amide bonds. The molecule has 17 heavy (non-hydrogen) atoms. The summed E-state index contributed by atoms with van der Waals surface area (Å²) in [4.78, 5) is 26.8. The lowest BCUT2D eigenvalue weighted by atomic mass is 9.71. The van der Waals surface area contributed by atoms with Gasteiger partial charge in [-0.05, 0) is 25.0 Å². The number of nitrogens with zero attached hydrogens (tertiary/aromatic N) is 1. The van der Waals surface area contributed by atoms with Gasteiger partial charge in [0.1, 0.15) is 11.2 Å². The van der Waals surface area contributed by atoms with Crippen LogP contribution in [0.4, 0.5) is 0 Å². The van der Waals surface area contributed by atoms with Gasteiger partial charge in [0, 0.05) is 19.0 Å². The molecule has 5 heteroatoms. The Morgan fingerprint density at radius 3 is 2.41 bits per heavy atom. The summed E-state index contributed by atoms with van der Waals surface area (Å²) in [6.07, 6.45) is 2.98. The Morgan fingerprint density at radius 2 is 1.94 bits per heavy atom. The quantitative estimate of drug-likeness (QED) is 0.877. The van der Waals surface area contributed by atoms with Crippen molar-refractivity contribution in [2.24, 2.45) is 0 Å². The molecule has 0 spiro atoms. The third-order valence-corrected chi connectivity index (χ3v) is 3.23. The van der Waals surface area contributed by atoms with Crippen LogP contribution in [0.1, 0.15) is 31.4 Å². The molecule has 1 aliphatic carbocycles. The van der Waals surface area contributed by atoms with Crippen LogP contribution in [0.25, 0.3) is 0 Å². The molecule has 1 N–H and O–H groups in total. The summed E-state index contributed by atoms with van der Waals surface area (Å²) in [6, 6.07) is 5.26. The Kier molecular flexibility index (Phi) is 4.23.